The third-order valence-electron chi connectivity index (χ3n) is 8.42. The second kappa shape index (κ2) is 10.2. The van der Waals surface area contributed by atoms with Crippen LogP contribution in [-0.4, -0.2) is 48.0 Å². The molecular formula is C30H33FN4O4. The zero-order valence-corrected chi connectivity index (χ0v) is 22.2. The van der Waals surface area contributed by atoms with Gasteiger partial charge in [-0.1, -0.05) is 23.9 Å². The summed E-state index contributed by atoms with van der Waals surface area (Å²) in [5.41, 5.74) is 2.05. The minimum Gasteiger partial charge on any atom is -0.481 e. The minimum atomic E-state index is -0.626. The topological polar surface area (TPSA) is 90.6 Å². The van der Waals surface area contributed by atoms with Crippen molar-refractivity contribution in [3.8, 4) is 17.0 Å². The van der Waals surface area contributed by atoms with E-state index in [9.17, 15) is 9.18 Å². The molecule has 2 aliphatic heterocycles. The first-order valence-corrected chi connectivity index (χ1v) is 13.6. The van der Waals surface area contributed by atoms with E-state index >= 15 is 0 Å². The molecule has 2 bridgehead atoms. The van der Waals surface area contributed by atoms with Crippen molar-refractivity contribution >= 4 is 11.6 Å². The van der Waals surface area contributed by atoms with Crippen LogP contribution in [0.2, 0.25) is 0 Å². The predicted molar refractivity (Wildman–Crippen MR) is 143 cm³/mol. The van der Waals surface area contributed by atoms with Crippen LogP contribution in [0.15, 0.2) is 59.3 Å². The average molecular weight is 533 g/mol. The Morgan fingerprint density at radius 3 is 2.67 bits per heavy atom. The molecule has 1 aromatic carbocycles. The Bertz CT molecular complexity index is 1360. The minimum absolute atomic E-state index is 0.00365. The molecule has 0 unspecified atom stereocenters. The number of rotatable bonds is 10. The van der Waals surface area contributed by atoms with Crippen LogP contribution in [0.25, 0.3) is 11.1 Å². The summed E-state index contributed by atoms with van der Waals surface area (Å²) in [6.07, 6.45) is 7.14. The predicted octanol–water partition coefficient (Wildman–Crippen LogP) is 5.75. The van der Waals surface area contributed by atoms with Crippen LogP contribution in [0, 0.1) is 5.41 Å². The molecule has 204 valence electrons. The summed E-state index contributed by atoms with van der Waals surface area (Å²) >= 11 is 0. The Hall–Kier alpha value is -3.59. The summed E-state index contributed by atoms with van der Waals surface area (Å²) in [6, 6.07) is 11.5. The number of amides is 1. The molecule has 7 rings (SSSR count). The van der Waals surface area contributed by atoms with Crippen LogP contribution in [0.1, 0.15) is 62.6 Å². The molecule has 39 heavy (non-hydrogen) atoms. The van der Waals surface area contributed by atoms with Crippen molar-refractivity contribution in [2.75, 3.05) is 31.8 Å². The van der Waals surface area contributed by atoms with Gasteiger partial charge in [0.2, 0.25) is 5.88 Å². The molecule has 0 atom stereocenters. The van der Waals surface area contributed by atoms with Gasteiger partial charge in [-0.2, -0.15) is 4.98 Å². The van der Waals surface area contributed by atoms with Gasteiger partial charge in [-0.3, -0.25) is 9.18 Å². The number of anilines is 1. The number of benzene rings is 1. The van der Waals surface area contributed by atoms with E-state index in [-0.39, 0.29) is 23.3 Å². The van der Waals surface area contributed by atoms with E-state index in [1.807, 2.05) is 36.4 Å². The third kappa shape index (κ3) is 4.95. The normalized spacial score (nSPS) is 23.9. The molecule has 9 heteroatoms. The summed E-state index contributed by atoms with van der Waals surface area (Å²) in [7, 11) is 1.58. The lowest BCUT2D eigenvalue weighted by Gasteiger charge is -2.52. The van der Waals surface area contributed by atoms with E-state index in [1.54, 1.807) is 18.2 Å². The Balaban J connectivity index is 1.26. The molecule has 4 heterocycles. The molecule has 0 spiro atoms. The third-order valence-corrected chi connectivity index (χ3v) is 8.42. The Kier molecular flexibility index (Phi) is 6.71. The van der Waals surface area contributed by atoms with Crippen LogP contribution >= 0.6 is 0 Å². The quantitative estimate of drug-likeness (QED) is 0.307. The lowest BCUT2D eigenvalue weighted by Crippen LogP contribution is -2.54. The lowest BCUT2D eigenvalue weighted by molar-refractivity contribution is -0.198. The first kappa shape index (κ1) is 25.7. The van der Waals surface area contributed by atoms with Crippen LogP contribution in [0.3, 0.4) is 0 Å². The maximum atomic E-state index is 13.6. The van der Waals surface area contributed by atoms with Gasteiger partial charge in [-0.25, -0.2) is 4.98 Å². The number of hydrogen-bond donors (Lipinski definition) is 0. The van der Waals surface area contributed by atoms with Gasteiger partial charge in [-0.05, 0) is 67.9 Å². The number of hydrogen-bond acceptors (Lipinski definition) is 7. The van der Waals surface area contributed by atoms with Crippen LogP contribution < -0.4 is 9.64 Å². The number of carbonyl (C=O) groups is 1. The van der Waals surface area contributed by atoms with Gasteiger partial charge < -0.3 is 18.9 Å². The lowest BCUT2D eigenvalue weighted by atomic mass is 9.65. The van der Waals surface area contributed by atoms with Gasteiger partial charge in [0, 0.05) is 47.8 Å². The first-order chi connectivity index (χ1) is 18.9. The summed E-state index contributed by atoms with van der Waals surface area (Å²) in [6.45, 7) is 4.21. The molecule has 8 nitrogen and oxygen atoms in total. The molecule has 2 aromatic heterocycles. The Morgan fingerprint density at radius 2 is 1.97 bits per heavy atom. The number of halogens is 1. The second-order valence-electron chi connectivity index (χ2n) is 11.1. The molecule has 0 N–H and O–H groups in total. The number of nitrogens with zero attached hydrogens (tertiary/aromatic N) is 4. The number of pyridine rings is 1. The standard InChI is InChI=1S/C30H33FN4O4/c1-20(8-14-31)27(36)35(24-5-3-4-22(16-24)23-9-15-32-25(17-23)37-2)18-29-10-12-30(13-11-29,38-19-29)28-33-26(34-39-28)21-6-7-21/h3-5,9,15-17,21H,1,6-8,10-14,18-19H2,2H3. The van der Waals surface area contributed by atoms with E-state index in [0.29, 0.717) is 30.8 Å². The molecule has 4 fully saturated rings. The number of fused-ring (bicyclic) bond motifs is 3. The monoisotopic (exact) mass is 532 g/mol. The van der Waals surface area contributed by atoms with Gasteiger partial charge in [0.15, 0.2) is 5.82 Å². The Labute approximate surface area is 227 Å². The van der Waals surface area contributed by atoms with E-state index in [4.69, 9.17) is 14.0 Å². The smallest absolute Gasteiger partial charge is 0.258 e. The molecule has 2 saturated carbocycles. The molecule has 2 saturated heterocycles. The maximum Gasteiger partial charge on any atom is 0.258 e. The van der Waals surface area contributed by atoms with Crippen molar-refractivity contribution < 1.29 is 23.2 Å². The van der Waals surface area contributed by atoms with Gasteiger partial charge >= 0.3 is 0 Å². The summed E-state index contributed by atoms with van der Waals surface area (Å²) < 4.78 is 30.6. The van der Waals surface area contributed by atoms with E-state index in [0.717, 1.165) is 61.2 Å². The van der Waals surface area contributed by atoms with E-state index < -0.39 is 12.3 Å². The van der Waals surface area contributed by atoms with Gasteiger partial charge in [0.25, 0.3) is 11.8 Å². The fourth-order valence-electron chi connectivity index (χ4n) is 5.75. The number of ether oxygens (including phenoxy) is 2. The maximum absolute atomic E-state index is 13.6. The molecule has 4 aliphatic rings. The first-order valence-electron chi connectivity index (χ1n) is 13.6. The van der Waals surface area contributed by atoms with Crippen molar-refractivity contribution in [1.82, 2.24) is 15.1 Å². The molecular weight excluding hydrogens is 499 g/mol. The fourth-order valence-corrected chi connectivity index (χ4v) is 5.75. The highest BCUT2D eigenvalue weighted by molar-refractivity contribution is 6.05. The number of alkyl halides is 1. The second-order valence-corrected chi connectivity index (χ2v) is 11.1. The number of methoxy groups -OCH3 is 1. The number of aromatic nitrogens is 3. The molecule has 3 aromatic rings. The number of carbonyl (C=O) groups excluding carboxylic acids is 1. The van der Waals surface area contributed by atoms with Crippen molar-refractivity contribution in [2.45, 2.75) is 56.5 Å². The largest absolute Gasteiger partial charge is 0.481 e. The molecule has 0 radical (unpaired) electrons. The van der Waals surface area contributed by atoms with Crippen molar-refractivity contribution in [3.63, 3.8) is 0 Å². The van der Waals surface area contributed by atoms with Crippen LogP contribution in [-0.2, 0) is 15.1 Å². The average Bonchev–Trinajstić information content (AvgIpc) is 3.72. The van der Waals surface area contributed by atoms with Gasteiger partial charge in [-0.15, -0.1) is 0 Å². The van der Waals surface area contributed by atoms with Crippen molar-refractivity contribution in [1.29, 1.82) is 0 Å². The van der Waals surface area contributed by atoms with Crippen LogP contribution in [0.4, 0.5) is 10.1 Å². The SMILES string of the molecule is C=C(CCF)C(=O)N(CC12CCC(c3nc(C4CC4)no3)(CC1)OC2)c1cccc(-c2ccnc(OC)c2)c1. The van der Waals surface area contributed by atoms with E-state index in [1.165, 1.54) is 0 Å². The summed E-state index contributed by atoms with van der Waals surface area (Å²) in [5.74, 6) is 2.05. The van der Waals surface area contributed by atoms with Crippen LogP contribution in [0.5, 0.6) is 5.88 Å². The zero-order chi connectivity index (χ0) is 27.0. The summed E-state index contributed by atoms with van der Waals surface area (Å²) in [4.78, 5) is 24.3. The van der Waals surface area contributed by atoms with E-state index in [2.05, 4.69) is 21.7 Å². The fraction of sp³-hybridized carbons (Fsp3) is 0.467. The highest BCUT2D eigenvalue weighted by atomic mass is 19.1. The van der Waals surface area contributed by atoms with Gasteiger partial charge in [0.05, 0.1) is 20.4 Å². The summed E-state index contributed by atoms with van der Waals surface area (Å²) in [5, 5.41) is 4.20. The highest BCUT2D eigenvalue weighted by Crippen LogP contribution is 2.54. The molecule has 1 amide bonds. The zero-order valence-electron chi connectivity index (χ0n) is 22.2. The molecule has 2 aliphatic carbocycles. The highest BCUT2D eigenvalue weighted by Gasteiger charge is 2.54. The van der Waals surface area contributed by atoms with Crippen molar-refractivity contribution in [2.24, 2.45) is 5.41 Å². The van der Waals surface area contributed by atoms with Gasteiger partial charge in [0.1, 0.15) is 5.60 Å². The Morgan fingerprint density at radius 1 is 1.18 bits per heavy atom. The van der Waals surface area contributed by atoms with Crippen molar-refractivity contribution in [3.05, 3.63) is 66.5 Å².